The highest BCUT2D eigenvalue weighted by molar-refractivity contribution is 9.10. The van der Waals surface area contributed by atoms with Gasteiger partial charge in [0.05, 0.1) is 13.2 Å². The zero-order valence-corrected chi connectivity index (χ0v) is 11.4. The van der Waals surface area contributed by atoms with Crippen molar-refractivity contribution in [1.82, 2.24) is 0 Å². The van der Waals surface area contributed by atoms with Crippen LogP contribution in [-0.2, 0) is 16.1 Å². The van der Waals surface area contributed by atoms with E-state index < -0.39 is 18.2 Å². The van der Waals surface area contributed by atoms with Gasteiger partial charge in [0.15, 0.2) is 6.10 Å². The monoisotopic (exact) mass is 318 g/mol. The fourth-order valence-electron chi connectivity index (χ4n) is 1.44. The van der Waals surface area contributed by atoms with Crippen LogP contribution in [0.3, 0.4) is 0 Å². The summed E-state index contributed by atoms with van der Waals surface area (Å²) in [6, 6.07) is 4.69. The maximum atomic E-state index is 11.3. The normalized spacial score (nSPS) is 14.1. The van der Waals surface area contributed by atoms with Crippen LogP contribution in [0.25, 0.3) is 0 Å². The Balaban J connectivity index is 2.89. The number of aliphatic hydroxyl groups excluding tert-OH is 3. The maximum absolute atomic E-state index is 11.3. The third-order valence-corrected chi connectivity index (χ3v) is 3.18. The van der Waals surface area contributed by atoms with E-state index in [1.54, 1.807) is 19.1 Å². The van der Waals surface area contributed by atoms with Crippen LogP contribution in [0.15, 0.2) is 22.7 Å². The first-order valence-electron chi connectivity index (χ1n) is 5.43. The lowest BCUT2D eigenvalue weighted by Gasteiger charge is -2.17. The van der Waals surface area contributed by atoms with E-state index in [0.29, 0.717) is 15.6 Å². The lowest BCUT2D eigenvalue weighted by molar-refractivity contribution is -0.159. The number of hydrogen-bond donors (Lipinski definition) is 3. The van der Waals surface area contributed by atoms with Crippen molar-refractivity contribution in [3.05, 3.63) is 33.8 Å². The number of halogens is 1. The molecule has 0 saturated heterocycles. The van der Waals surface area contributed by atoms with Gasteiger partial charge in [0.2, 0.25) is 0 Å². The first-order valence-corrected chi connectivity index (χ1v) is 6.22. The number of rotatable bonds is 5. The summed E-state index contributed by atoms with van der Waals surface area (Å²) in [5.74, 6) is -0.876. The van der Waals surface area contributed by atoms with Crippen molar-refractivity contribution in [2.75, 3.05) is 6.61 Å². The van der Waals surface area contributed by atoms with Gasteiger partial charge in [-0.15, -0.1) is 0 Å². The summed E-state index contributed by atoms with van der Waals surface area (Å²) < 4.78 is 5.31. The van der Waals surface area contributed by atoms with E-state index in [1.807, 2.05) is 0 Å². The summed E-state index contributed by atoms with van der Waals surface area (Å²) in [7, 11) is 0. The summed E-state index contributed by atoms with van der Waals surface area (Å²) in [6.45, 7) is 1.53. The Morgan fingerprint density at radius 1 is 1.44 bits per heavy atom. The molecule has 100 valence electrons. The molecular weight excluding hydrogens is 304 g/mol. The molecule has 0 aromatic heterocycles. The molecule has 0 aliphatic heterocycles. The van der Waals surface area contributed by atoms with Gasteiger partial charge in [0, 0.05) is 4.47 Å². The molecule has 0 aliphatic carbocycles. The number of esters is 1. The summed E-state index contributed by atoms with van der Waals surface area (Å²) in [5.41, 5.74) is 0.894. The minimum absolute atomic E-state index is 0.130. The third kappa shape index (κ3) is 3.52. The first-order chi connectivity index (χ1) is 8.51. The van der Waals surface area contributed by atoms with Gasteiger partial charge in [-0.1, -0.05) is 22.0 Å². The van der Waals surface area contributed by atoms with E-state index in [-0.39, 0.29) is 13.2 Å². The molecule has 1 aromatic rings. The molecule has 1 rings (SSSR count). The Kier molecular flexibility index (Phi) is 5.74. The van der Waals surface area contributed by atoms with Crippen LogP contribution in [0, 0.1) is 0 Å². The Labute approximate surface area is 113 Å². The van der Waals surface area contributed by atoms with E-state index >= 15 is 0 Å². The molecule has 3 N–H and O–H groups in total. The van der Waals surface area contributed by atoms with Gasteiger partial charge in [-0.05, 0) is 30.2 Å². The molecule has 0 amide bonds. The molecule has 0 fully saturated rings. The van der Waals surface area contributed by atoms with Crippen LogP contribution in [-0.4, -0.2) is 34.0 Å². The summed E-state index contributed by atoms with van der Waals surface area (Å²) in [5, 5.41) is 28.5. The second kappa shape index (κ2) is 6.84. The van der Waals surface area contributed by atoms with Crippen molar-refractivity contribution in [3.63, 3.8) is 0 Å². The second-order valence-corrected chi connectivity index (χ2v) is 4.51. The maximum Gasteiger partial charge on any atom is 0.338 e. The number of carbonyl (C=O) groups is 1. The Morgan fingerprint density at radius 2 is 2.11 bits per heavy atom. The summed E-state index contributed by atoms with van der Waals surface area (Å²) >= 11 is 3.23. The van der Waals surface area contributed by atoms with Crippen LogP contribution < -0.4 is 0 Å². The topological polar surface area (TPSA) is 87.0 Å². The lowest BCUT2D eigenvalue weighted by atomic mass is 10.0. The second-order valence-electron chi connectivity index (χ2n) is 3.65. The molecule has 2 atom stereocenters. The summed E-state index contributed by atoms with van der Waals surface area (Å²) in [4.78, 5) is 11.3. The van der Waals surface area contributed by atoms with Crippen LogP contribution in [0.2, 0.25) is 0 Å². The zero-order chi connectivity index (χ0) is 13.7. The number of ether oxygens (including phenoxy) is 1. The minimum atomic E-state index is -1.64. The average Bonchev–Trinajstić information content (AvgIpc) is 2.38. The van der Waals surface area contributed by atoms with Crippen LogP contribution in [0.1, 0.15) is 24.2 Å². The molecular formula is C12H15BrO5. The van der Waals surface area contributed by atoms with Gasteiger partial charge in [0.25, 0.3) is 0 Å². The standard InChI is InChI=1S/C12H15BrO5/c1-2-18-12(17)11(16)10(15)7-3-4-9(13)8(5-7)6-14/h3-5,10-11,14-16H,2,6H2,1H3. The quantitative estimate of drug-likeness (QED) is 0.702. The fourth-order valence-corrected chi connectivity index (χ4v) is 1.81. The van der Waals surface area contributed by atoms with Crippen molar-refractivity contribution in [2.45, 2.75) is 25.7 Å². The fraction of sp³-hybridized carbons (Fsp3) is 0.417. The smallest absolute Gasteiger partial charge is 0.338 e. The Morgan fingerprint density at radius 3 is 2.67 bits per heavy atom. The van der Waals surface area contributed by atoms with Gasteiger partial charge >= 0.3 is 5.97 Å². The highest BCUT2D eigenvalue weighted by Crippen LogP contribution is 2.24. The number of carbonyl (C=O) groups excluding carboxylic acids is 1. The van der Waals surface area contributed by atoms with E-state index in [9.17, 15) is 15.0 Å². The minimum Gasteiger partial charge on any atom is -0.464 e. The van der Waals surface area contributed by atoms with Crippen LogP contribution >= 0.6 is 15.9 Å². The summed E-state index contributed by atoms with van der Waals surface area (Å²) in [6.07, 6.45) is -3.03. The van der Waals surface area contributed by atoms with Gasteiger partial charge in [-0.3, -0.25) is 0 Å². The zero-order valence-electron chi connectivity index (χ0n) is 9.84. The molecule has 2 unspecified atom stereocenters. The highest BCUT2D eigenvalue weighted by Gasteiger charge is 2.27. The number of hydrogen-bond acceptors (Lipinski definition) is 5. The molecule has 0 bridgehead atoms. The molecule has 5 nitrogen and oxygen atoms in total. The van der Waals surface area contributed by atoms with E-state index in [0.717, 1.165) is 0 Å². The number of aliphatic hydroxyl groups is 3. The third-order valence-electron chi connectivity index (χ3n) is 2.41. The van der Waals surface area contributed by atoms with Gasteiger partial charge in [-0.2, -0.15) is 0 Å². The molecule has 0 radical (unpaired) electrons. The first kappa shape index (κ1) is 15.1. The van der Waals surface area contributed by atoms with Crippen LogP contribution in [0.5, 0.6) is 0 Å². The molecule has 0 saturated carbocycles. The highest BCUT2D eigenvalue weighted by atomic mass is 79.9. The van der Waals surface area contributed by atoms with Crippen molar-refractivity contribution in [3.8, 4) is 0 Å². The predicted molar refractivity (Wildman–Crippen MR) is 67.7 cm³/mol. The largest absolute Gasteiger partial charge is 0.464 e. The Bertz CT molecular complexity index is 421. The molecule has 1 aromatic carbocycles. The van der Waals surface area contributed by atoms with Gasteiger partial charge in [-0.25, -0.2) is 4.79 Å². The lowest BCUT2D eigenvalue weighted by Crippen LogP contribution is -2.29. The predicted octanol–water partition coefficient (Wildman–Crippen LogP) is 0.899. The Hall–Kier alpha value is -0.950. The van der Waals surface area contributed by atoms with Crippen molar-refractivity contribution in [1.29, 1.82) is 0 Å². The van der Waals surface area contributed by atoms with Crippen molar-refractivity contribution >= 4 is 21.9 Å². The van der Waals surface area contributed by atoms with Crippen molar-refractivity contribution in [2.24, 2.45) is 0 Å². The van der Waals surface area contributed by atoms with E-state index in [4.69, 9.17) is 5.11 Å². The average molecular weight is 319 g/mol. The molecule has 0 spiro atoms. The molecule has 0 aliphatic rings. The SMILES string of the molecule is CCOC(=O)C(O)C(O)c1ccc(Br)c(CO)c1. The molecule has 0 heterocycles. The number of benzene rings is 1. The van der Waals surface area contributed by atoms with E-state index in [2.05, 4.69) is 20.7 Å². The molecule has 6 heteroatoms. The van der Waals surface area contributed by atoms with Crippen LogP contribution in [0.4, 0.5) is 0 Å². The van der Waals surface area contributed by atoms with Gasteiger partial charge < -0.3 is 20.1 Å². The van der Waals surface area contributed by atoms with E-state index in [1.165, 1.54) is 6.07 Å². The van der Waals surface area contributed by atoms with Gasteiger partial charge in [0.1, 0.15) is 6.10 Å². The molecule has 18 heavy (non-hydrogen) atoms. The van der Waals surface area contributed by atoms with Crippen molar-refractivity contribution < 1.29 is 24.9 Å².